The number of unbranched alkanes of at least 4 members (excludes halogenated alkanes) is 15. The maximum atomic E-state index is 11.9. The van der Waals surface area contributed by atoms with Gasteiger partial charge in [-0.15, -0.1) is 0 Å². The molecule has 1 unspecified atom stereocenters. The van der Waals surface area contributed by atoms with Crippen LogP contribution >= 0.6 is 0 Å². The summed E-state index contributed by atoms with van der Waals surface area (Å²) in [6, 6.07) is 0. The van der Waals surface area contributed by atoms with E-state index in [1.54, 1.807) is 0 Å². The predicted molar refractivity (Wildman–Crippen MR) is 197 cm³/mol. The topological polar surface area (TPSA) is 93.1 Å². The van der Waals surface area contributed by atoms with Crippen molar-refractivity contribution in [3.8, 4) is 0 Å². The summed E-state index contributed by atoms with van der Waals surface area (Å²) in [5.74, 6) is -0.655. The van der Waals surface area contributed by atoms with Crippen molar-refractivity contribution < 1.29 is 29.3 Å². The molecular weight excluding hydrogens is 588 g/mol. The number of carbonyl (C=O) groups is 2. The van der Waals surface area contributed by atoms with Gasteiger partial charge in [0, 0.05) is 12.8 Å². The van der Waals surface area contributed by atoms with Crippen LogP contribution in [-0.4, -0.2) is 47.6 Å². The van der Waals surface area contributed by atoms with E-state index in [0.717, 1.165) is 44.9 Å². The fourth-order valence-corrected chi connectivity index (χ4v) is 4.96. The highest BCUT2D eigenvalue weighted by molar-refractivity contribution is 5.69. The van der Waals surface area contributed by atoms with Crippen LogP contribution in [0.3, 0.4) is 0 Å². The van der Waals surface area contributed by atoms with Crippen LogP contribution in [0.4, 0.5) is 0 Å². The van der Waals surface area contributed by atoms with Gasteiger partial charge in [0.25, 0.3) is 0 Å². The number of ether oxygens (including phenoxy) is 2. The Bertz CT molecular complexity index is 856. The summed E-state index contributed by atoms with van der Waals surface area (Å²) in [5, 5.41) is 19.7. The second kappa shape index (κ2) is 36.4. The first kappa shape index (κ1) is 44.6. The number of esters is 2. The first-order chi connectivity index (χ1) is 23.0. The molecule has 2 atom stereocenters. The number of carbonyl (C=O) groups excluding carboxylic acids is 2. The number of allylic oxidation sites excluding steroid dienone is 8. The molecule has 0 spiro atoms. The summed E-state index contributed by atoms with van der Waals surface area (Å²) in [4.78, 5) is 23.9. The van der Waals surface area contributed by atoms with Crippen LogP contribution < -0.4 is 0 Å². The third kappa shape index (κ3) is 36.2. The lowest BCUT2D eigenvalue weighted by Gasteiger charge is -2.12. The fraction of sp³-hybridized carbons (Fsp3) is 0.707. The highest BCUT2D eigenvalue weighted by atomic mass is 16.6. The van der Waals surface area contributed by atoms with Gasteiger partial charge < -0.3 is 19.7 Å². The van der Waals surface area contributed by atoms with Gasteiger partial charge in [0.05, 0.1) is 6.10 Å². The normalized spacial score (nSPS) is 13.5. The van der Waals surface area contributed by atoms with Crippen LogP contribution in [0.2, 0.25) is 0 Å². The predicted octanol–water partition coefficient (Wildman–Crippen LogP) is 10.6. The monoisotopic (exact) mass is 659 g/mol. The first-order valence-electron chi connectivity index (χ1n) is 18.9. The van der Waals surface area contributed by atoms with Crippen molar-refractivity contribution in [2.75, 3.05) is 13.2 Å². The molecule has 0 aromatic heterocycles. The molecule has 0 aliphatic rings. The largest absolute Gasteiger partial charge is 0.463 e. The Morgan fingerprint density at radius 1 is 0.553 bits per heavy atom. The average molecular weight is 659 g/mol. The second-order valence-electron chi connectivity index (χ2n) is 12.5. The Morgan fingerprint density at radius 3 is 1.57 bits per heavy atom. The number of hydrogen-bond acceptors (Lipinski definition) is 6. The van der Waals surface area contributed by atoms with E-state index in [0.29, 0.717) is 19.3 Å². The second-order valence-corrected chi connectivity index (χ2v) is 12.5. The molecular formula is C41H70O6. The Morgan fingerprint density at radius 2 is 1.02 bits per heavy atom. The highest BCUT2D eigenvalue weighted by Gasteiger charge is 2.12. The van der Waals surface area contributed by atoms with Gasteiger partial charge in [-0.05, 0) is 44.9 Å². The van der Waals surface area contributed by atoms with E-state index in [1.165, 1.54) is 77.0 Å². The van der Waals surface area contributed by atoms with Crippen LogP contribution in [0.25, 0.3) is 0 Å². The number of aliphatic hydroxyl groups excluding tert-OH is 2. The van der Waals surface area contributed by atoms with Gasteiger partial charge in [0.15, 0.2) is 0 Å². The Balaban J connectivity index is 3.58. The molecule has 0 amide bonds. The first-order valence-corrected chi connectivity index (χ1v) is 18.9. The molecule has 0 aromatic rings. The standard InChI is InChI=1S/C41H70O6/c1-3-5-7-8-9-10-11-12-13-14-18-21-24-27-30-34-40(44)46-36-39(43)37-47-41(45)35-31-28-25-22-19-16-15-17-20-23-26-29-33-38(42)32-6-4-2/h6,15-16,20,22-23,25-26,29,32,38-39,42-43H,3-5,7-14,17-19,21,24,27-28,30-31,33-37H2,1-2H3/b16-15-,23-20-,25-22-,29-26+,32-6-/t38?,39-/m1/s1. The quantitative estimate of drug-likeness (QED) is 0.0315. The summed E-state index contributed by atoms with van der Waals surface area (Å²) < 4.78 is 10.3. The zero-order valence-corrected chi connectivity index (χ0v) is 30.1. The molecule has 6 nitrogen and oxygen atoms in total. The van der Waals surface area contributed by atoms with E-state index < -0.39 is 12.2 Å². The van der Waals surface area contributed by atoms with Gasteiger partial charge in [-0.1, -0.05) is 164 Å². The maximum Gasteiger partial charge on any atom is 0.305 e. The molecule has 47 heavy (non-hydrogen) atoms. The van der Waals surface area contributed by atoms with Crippen molar-refractivity contribution in [2.45, 2.75) is 174 Å². The number of rotatable bonds is 33. The molecule has 0 fully saturated rings. The maximum absolute atomic E-state index is 11.9. The molecule has 0 rings (SSSR count). The average Bonchev–Trinajstić information content (AvgIpc) is 3.07. The molecule has 0 aliphatic heterocycles. The van der Waals surface area contributed by atoms with E-state index in [-0.39, 0.29) is 31.6 Å². The molecule has 0 aliphatic carbocycles. The van der Waals surface area contributed by atoms with Gasteiger partial charge in [0.2, 0.25) is 0 Å². The van der Waals surface area contributed by atoms with E-state index in [9.17, 15) is 19.8 Å². The van der Waals surface area contributed by atoms with Crippen LogP contribution in [-0.2, 0) is 19.1 Å². The lowest BCUT2D eigenvalue weighted by molar-refractivity contribution is -0.152. The molecule has 0 saturated carbocycles. The van der Waals surface area contributed by atoms with Gasteiger partial charge in [0.1, 0.15) is 19.3 Å². The third-order valence-electron chi connectivity index (χ3n) is 7.84. The lowest BCUT2D eigenvalue weighted by atomic mass is 10.0. The summed E-state index contributed by atoms with van der Waals surface area (Å²) in [5.41, 5.74) is 0. The van der Waals surface area contributed by atoms with Gasteiger partial charge in [-0.25, -0.2) is 0 Å². The van der Waals surface area contributed by atoms with Crippen LogP contribution in [0.5, 0.6) is 0 Å². The van der Waals surface area contributed by atoms with Crippen molar-refractivity contribution in [1.82, 2.24) is 0 Å². The van der Waals surface area contributed by atoms with Crippen LogP contribution in [0.1, 0.15) is 162 Å². The lowest BCUT2D eigenvalue weighted by Crippen LogP contribution is -2.25. The van der Waals surface area contributed by atoms with Crippen molar-refractivity contribution >= 4 is 11.9 Å². The van der Waals surface area contributed by atoms with E-state index >= 15 is 0 Å². The fourth-order valence-electron chi connectivity index (χ4n) is 4.96. The molecule has 0 radical (unpaired) electrons. The molecule has 0 aromatic carbocycles. The molecule has 0 heterocycles. The van der Waals surface area contributed by atoms with Gasteiger partial charge in [-0.3, -0.25) is 9.59 Å². The van der Waals surface area contributed by atoms with E-state index in [1.807, 2.05) is 37.3 Å². The summed E-state index contributed by atoms with van der Waals surface area (Å²) in [6.07, 6.45) is 43.3. The molecule has 6 heteroatoms. The SMILES string of the molecule is CC/C=C\C(O)C/C=C/C=C\C/C=C\C/C=C\CCCC(=O)OC[C@H](O)COC(=O)CCCCCCCCCCCCCCCCC. The Hall–Kier alpha value is -2.44. The van der Waals surface area contributed by atoms with E-state index in [2.05, 4.69) is 37.3 Å². The van der Waals surface area contributed by atoms with Crippen molar-refractivity contribution in [1.29, 1.82) is 0 Å². The minimum atomic E-state index is -0.998. The summed E-state index contributed by atoms with van der Waals surface area (Å²) >= 11 is 0. The molecule has 0 bridgehead atoms. The number of aliphatic hydroxyl groups is 2. The van der Waals surface area contributed by atoms with Crippen molar-refractivity contribution in [2.24, 2.45) is 0 Å². The zero-order valence-electron chi connectivity index (χ0n) is 30.1. The molecule has 270 valence electrons. The van der Waals surface area contributed by atoms with Gasteiger partial charge >= 0.3 is 11.9 Å². The van der Waals surface area contributed by atoms with Crippen molar-refractivity contribution in [3.05, 3.63) is 60.8 Å². The Kier molecular flexibility index (Phi) is 34.5. The molecule has 2 N–H and O–H groups in total. The minimum absolute atomic E-state index is 0.144. The Labute approximate surface area is 288 Å². The number of hydrogen-bond donors (Lipinski definition) is 2. The van der Waals surface area contributed by atoms with Crippen LogP contribution in [0.15, 0.2) is 60.8 Å². The minimum Gasteiger partial charge on any atom is -0.463 e. The van der Waals surface area contributed by atoms with Gasteiger partial charge in [-0.2, -0.15) is 0 Å². The summed E-state index contributed by atoms with van der Waals surface area (Å²) in [6.45, 7) is 4.01. The van der Waals surface area contributed by atoms with Crippen molar-refractivity contribution in [3.63, 3.8) is 0 Å². The van der Waals surface area contributed by atoms with Crippen LogP contribution in [0, 0.1) is 0 Å². The van der Waals surface area contributed by atoms with E-state index in [4.69, 9.17) is 9.47 Å². The third-order valence-corrected chi connectivity index (χ3v) is 7.84. The molecule has 0 saturated heterocycles. The highest BCUT2D eigenvalue weighted by Crippen LogP contribution is 2.14. The smallest absolute Gasteiger partial charge is 0.305 e. The summed E-state index contributed by atoms with van der Waals surface area (Å²) in [7, 11) is 0. The zero-order chi connectivity index (χ0) is 34.5.